The number of amides is 3. The Morgan fingerprint density at radius 1 is 1.27 bits per heavy atom. The monoisotopic (exact) mass is 763 g/mol. The second kappa shape index (κ2) is 16.1. The fraction of sp³-hybridized carbons (Fsp3) is 0.632. The van der Waals surface area contributed by atoms with Crippen LogP contribution in [0, 0.1) is 12.8 Å². The van der Waals surface area contributed by atoms with Gasteiger partial charge in [-0.2, -0.15) is 12.6 Å². The summed E-state index contributed by atoms with van der Waals surface area (Å²) in [6.45, 7) is 12.8. The number of thiol groups is 1. The van der Waals surface area contributed by atoms with E-state index in [1.165, 1.54) is 24.0 Å². The molecule has 3 aliphatic heterocycles. The van der Waals surface area contributed by atoms with Crippen LogP contribution in [0.3, 0.4) is 0 Å². The van der Waals surface area contributed by atoms with Crippen LogP contribution < -0.4 is 10.2 Å². The molecule has 1 aromatic carbocycles. The number of carbonyl (C=O) groups is 4. The zero-order valence-electron chi connectivity index (χ0n) is 31.8. The summed E-state index contributed by atoms with van der Waals surface area (Å²) in [5, 5.41) is 14.7. The van der Waals surface area contributed by atoms with E-state index in [1.807, 2.05) is 52.8 Å². The maximum atomic E-state index is 14.1. The second-order valence-corrected chi connectivity index (χ2v) is 16.9. The number of fused-ring (bicyclic) bond motifs is 5. The van der Waals surface area contributed by atoms with Crippen molar-refractivity contribution in [1.82, 2.24) is 10.2 Å². The molecule has 0 unspecified atom stereocenters. The first-order valence-electron chi connectivity index (χ1n) is 17.6. The predicted molar refractivity (Wildman–Crippen MR) is 201 cm³/mol. The molecule has 3 amide bonds. The van der Waals surface area contributed by atoms with Gasteiger partial charge in [0.1, 0.15) is 30.0 Å². The number of hydrogen-bond donors (Lipinski definition) is 3. The third-order valence-electron chi connectivity index (χ3n) is 10.5. The van der Waals surface area contributed by atoms with E-state index in [0.717, 1.165) is 16.7 Å². The van der Waals surface area contributed by atoms with Crippen molar-refractivity contribution < 1.29 is 43.2 Å². The van der Waals surface area contributed by atoms with Crippen LogP contribution in [-0.4, -0.2) is 102 Å². The Morgan fingerprint density at radius 3 is 2.58 bits per heavy atom. The number of halogens is 1. The van der Waals surface area contributed by atoms with E-state index in [4.69, 9.17) is 30.5 Å². The Kier molecular flexibility index (Phi) is 12.9. The van der Waals surface area contributed by atoms with Crippen molar-refractivity contribution in [1.29, 1.82) is 0 Å². The lowest BCUT2D eigenvalue weighted by Gasteiger charge is -2.42. The van der Waals surface area contributed by atoms with Crippen molar-refractivity contribution in [3.05, 3.63) is 52.1 Å². The van der Waals surface area contributed by atoms with Crippen LogP contribution in [0.5, 0.6) is 0 Å². The van der Waals surface area contributed by atoms with Crippen molar-refractivity contribution in [3.8, 4) is 0 Å². The van der Waals surface area contributed by atoms with Crippen LogP contribution in [0.15, 0.2) is 35.9 Å². The van der Waals surface area contributed by atoms with E-state index < -0.39 is 59.8 Å². The van der Waals surface area contributed by atoms with E-state index in [-0.39, 0.29) is 35.8 Å². The Bertz CT molecular complexity index is 1610. The van der Waals surface area contributed by atoms with Gasteiger partial charge in [0, 0.05) is 44.7 Å². The summed E-state index contributed by atoms with van der Waals surface area (Å²) in [6.07, 6.45) is 1.92. The summed E-state index contributed by atoms with van der Waals surface area (Å²) in [7, 11) is 4.60. The number of rotatable bonds is 7. The lowest BCUT2D eigenvalue weighted by molar-refractivity contribution is -0.162. The normalized spacial score (nSPS) is 32.0. The first kappa shape index (κ1) is 41.7. The molecule has 8 atom stereocenters. The number of benzene rings is 1. The zero-order chi connectivity index (χ0) is 38.9. The highest BCUT2D eigenvalue weighted by Gasteiger charge is 2.64. The lowest BCUT2D eigenvalue weighted by atomic mass is 9.83. The molecule has 3 aliphatic rings. The number of allylic oxidation sites excluding steroid dienone is 3. The standard InChI is InChI=1S/C38H54ClN3O9S/c1-21-12-11-13-28(48-10)38(47)20-27(49-35(46)40-38)23(3)33-37(7,51-33)29(50-34(45)24(4)41(8)30(43)14-15-36(5,6)52)19-31(44)42(9)26-18-25(16-21)17-22(2)32(26)39/h11-13,17-18,23-24,27-29,33,47,52H,14-16,19-20H2,1-10H3,(H,40,46)/b13-11+,21-12+/t23-,24-,27-,28+,29-,33+,37-,38-/m0/s1. The van der Waals surface area contributed by atoms with Crippen LogP contribution in [0.25, 0.3) is 0 Å². The van der Waals surface area contributed by atoms with Crippen LogP contribution in [0.2, 0.25) is 5.02 Å². The molecular formula is C38H54ClN3O9S. The first-order valence-corrected chi connectivity index (χ1v) is 18.4. The van der Waals surface area contributed by atoms with E-state index >= 15 is 0 Å². The van der Waals surface area contributed by atoms with Crippen molar-refractivity contribution in [3.63, 3.8) is 0 Å². The smallest absolute Gasteiger partial charge is 0.409 e. The van der Waals surface area contributed by atoms with Gasteiger partial charge in [0.15, 0.2) is 5.72 Å². The Hall–Kier alpha value is -3.10. The number of ether oxygens (including phenoxy) is 4. The molecule has 4 bridgehead atoms. The lowest BCUT2D eigenvalue weighted by Crippen LogP contribution is -2.63. The molecule has 14 heteroatoms. The first-order chi connectivity index (χ1) is 24.1. The molecule has 2 saturated heterocycles. The third kappa shape index (κ3) is 9.52. The van der Waals surface area contributed by atoms with Crippen LogP contribution >= 0.6 is 24.2 Å². The van der Waals surface area contributed by atoms with Gasteiger partial charge < -0.3 is 33.9 Å². The number of anilines is 1. The number of nitrogens with zero attached hydrogens (tertiary/aromatic N) is 2. The molecule has 0 aromatic heterocycles. The maximum Gasteiger partial charge on any atom is 0.409 e. The third-order valence-corrected chi connectivity index (χ3v) is 11.2. The minimum absolute atomic E-state index is 0.0375. The number of carbonyl (C=O) groups excluding carboxylic acids is 4. The predicted octanol–water partition coefficient (Wildman–Crippen LogP) is 5.30. The Morgan fingerprint density at radius 2 is 1.94 bits per heavy atom. The molecule has 0 saturated carbocycles. The van der Waals surface area contributed by atoms with Crippen molar-refractivity contribution >= 4 is 53.8 Å². The van der Waals surface area contributed by atoms with Crippen LogP contribution in [0.4, 0.5) is 10.5 Å². The van der Waals surface area contributed by atoms with E-state index in [2.05, 4.69) is 17.9 Å². The molecule has 52 heavy (non-hydrogen) atoms. The van der Waals surface area contributed by atoms with Gasteiger partial charge in [0.25, 0.3) is 0 Å². The highest BCUT2D eigenvalue weighted by molar-refractivity contribution is 7.81. The van der Waals surface area contributed by atoms with Crippen molar-refractivity contribution in [2.75, 3.05) is 26.1 Å². The highest BCUT2D eigenvalue weighted by atomic mass is 35.5. The number of hydrogen-bond acceptors (Lipinski definition) is 10. The largest absolute Gasteiger partial charge is 0.457 e. The van der Waals surface area contributed by atoms with Crippen LogP contribution in [0.1, 0.15) is 78.4 Å². The number of aryl methyl sites for hydroxylation is 1. The van der Waals surface area contributed by atoms with Gasteiger partial charge >= 0.3 is 12.1 Å². The van der Waals surface area contributed by atoms with E-state index in [9.17, 15) is 24.3 Å². The minimum atomic E-state index is -1.81. The number of likely N-dealkylation sites (N-methyl/N-ethyl adjacent to an activating group) is 1. The summed E-state index contributed by atoms with van der Waals surface area (Å²) >= 11 is 11.3. The average molecular weight is 764 g/mol. The molecule has 0 spiro atoms. The number of alkyl carbamates (subject to hydrolysis) is 1. The SMILES string of the molecule is CO[C@@H]1/C=C/C=C(\C)Cc2cc(C)c(Cl)c(c2)N(C)C(=O)C[C@H](OC(=O)[C@H](C)N(C)C(=O)CCC(C)(C)S)[C@]2(C)O[C@@H]2[C@@H](C)[C@@H]2C[C@@]1(O)NC(=O)O2. The summed E-state index contributed by atoms with van der Waals surface area (Å²) < 4.78 is 23.3. The fourth-order valence-electron chi connectivity index (χ4n) is 6.84. The second-order valence-electron chi connectivity index (χ2n) is 15.3. The van der Waals surface area contributed by atoms with Crippen LogP contribution in [-0.2, 0) is 39.8 Å². The van der Waals surface area contributed by atoms with Crippen molar-refractivity contribution in [2.24, 2.45) is 5.92 Å². The zero-order valence-corrected chi connectivity index (χ0v) is 33.5. The molecule has 4 rings (SSSR count). The summed E-state index contributed by atoms with van der Waals surface area (Å²) in [6, 6.07) is 2.84. The summed E-state index contributed by atoms with van der Waals surface area (Å²) in [4.78, 5) is 56.4. The van der Waals surface area contributed by atoms with E-state index in [1.54, 1.807) is 33.0 Å². The Balaban J connectivity index is 1.72. The van der Waals surface area contributed by atoms with E-state index in [0.29, 0.717) is 23.6 Å². The summed E-state index contributed by atoms with van der Waals surface area (Å²) in [5.41, 5.74) is 0.172. The fourth-order valence-corrected chi connectivity index (χ4v) is 7.19. The van der Waals surface area contributed by atoms with Gasteiger partial charge in [0.2, 0.25) is 11.8 Å². The Labute approximate surface area is 317 Å². The molecule has 288 valence electrons. The maximum absolute atomic E-state index is 14.1. The van der Waals surface area contributed by atoms with Gasteiger partial charge in [-0.1, -0.05) is 62.2 Å². The molecule has 0 radical (unpaired) electrons. The average Bonchev–Trinajstić information content (AvgIpc) is 3.76. The molecular weight excluding hydrogens is 710 g/mol. The van der Waals surface area contributed by atoms with Gasteiger partial charge in [-0.3, -0.25) is 14.9 Å². The number of esters is 1. The quantitative estimate of drug-likeness (QED) is 0.191. The molecule has 2 fully saturated rings. The van der Waals surface area contributed by atoms with Gasteiger partial charge in [-0.25, -0.2) is 9.59 Å². The molecule has 12 nitrogen and oxygen atoms in total. The van der Waals surface area contributed by atoms with Gasteiger partial charge in [0.05, 0.1) is 23.2 Å². The van der Waals surface area contributed by atoms with Gasteiger partial charge in [-0.05, 0) is 57.7 Å². The molecule has 1 aromatic rings. The highest BCUT2D eigenvalue weighted by Crippen LogP contribution is 2.49. The number of methoxy groups -OCH3 is 1. The van der Waals surface area contributed by atoms with Gasteiger partial charge in [-0.15, -0.1) is 0 Å². The topological polar surface area (TPSA) is 147 Å². The number of aliphatic hydroxyl groups is 1. The number of nitrogens with one attached hydrogen (secondary N) is 1. The van der Waals surface area contributed by atoms with Crippen molar-refractivity contribution in [2.45, 2.75) is 127 Å². The molecule has 0 aliphatic carbocycles. The summed E-state index contributed by atoms with van der Waals surface area (Å²) in [5.74, 6) is -1.85. The minimum Gasteiger partial charge on any atom is -0.457 e. The molecule has 2 N–H and O–H groups in total. The number of epoxide rings is 1. The molecule has 3 heterocycles.